The fourth-order valence-corrected chi connectivity index (χ4v) is 1.99. The molecule has 2 rings (SSSR count). The highest BCUT2D eigenvalue weighted by molar-refractivity contribution is 5.92. The Bertz CT molecular complexity index is 463. The van der Waals surface area contributed by atoms with E-state index in [0.29, 0.717) is 6.04 Å². The highest BCUT2D eigenvalue weighted by Crippen LogP contribution is 2.13. The standard InChI is InChI=1S/C13H17F2N3O/c1-2-18(10-6-16-7-10)8-13(19)17-9-3-4-11(14)12(15)5-9/h3-5,10,16H,2,6-8H2,1H3,(H,17,19). The average Bonchev–Trinajstić information content (AvgIpc) is 2.30. The maximum atomic E-state index is 13.0. The number of carbonyl (C=O) groups excluding carboxylic acids is 1. The summed E-state index contributed by atoms with van der Waals surface area (Å²) < 4.78 is 25.8. The molecule has 6 heteroatoms. The second kappa shape index (κ2) is 6.08. The third-order valence-electron chi connectivity index (χ3n) is 3.23. The van der Waals surface area contributed by atoms with Gasteiger partial charge in [-0.3, -0.25) is 9.69 Å². The summed E-state index contributed by atoms with van der Waals surface area (Å²) in [5.74, 6) is -2.11. The van der Waals surface area contributed by atoms with Gasteiger partial charge in [0, 0.05) is 30.9 Å². The van der Waals surface area contributed by atoms with Crippen LogP contribution in [-0.2, 0) is 4.79 Å². The van der Waals surface area contributed by atoms with E-state index in [4.69, 9.17) is 0 Å². The molecule has 1 fully saturated rings. The fraction of sp³-hybridized carbons (Fsp3) is 0.462. The Kier molecular flexibility index (Phi) is 4.44. The second-order valence-electron chi connectivity index (χ2n) is 4.55. The van der Waals surface area contributed by atoms with Crippen LogP contribution in [0.2, 0.25) is 0 Å². The van der Waals surface area contributed by atoms with Crippen molar-refractivity contribution in [2.75, 3.05) is 31.5 Å². The van der Waals surface area contributed by atoms with Gasteiger partial charge in [-0.25, -0.2) is 8.78 Å². The molecule has 0 aliphatic carbocycles. The zero-order chi connectivity index (χ0) is 13.8. The van der Waals surface area contributed by atoms with Gasteiger partial charge in [-0.2, -0.15) is 0 Å². The SMILES string of the molecule is CCN(CC(=O)Nc1ccc(F)c(F)c1)C1CNC1. The van der Waals surface area contributed by atoms with Gasteiger partial charge in [-0.1, -0.05) is 6.92 Å². The minimum Gasteiger partial charge on any atom is -0.325 e. The van der Waals surface area contributed by atoms with Gasteiger partial charge in [0.05, 0.1) is 6.54 Å². The quantitative estimate of drug-likeness (QED) is 0.844. The number of hydrogen-bond acceptors (Lipinski definition) is 3. The number of halogens is 2. The van der Waals surface area contributed by atoms with E-state index >= 15 is 0 Å². The number of anilines is 1. The first-order chi connectivity index (χ1) is 9.10. The molecule has 1 aliphatic rings. The molecule has 1 aromatic rings. The number of nitrogens with zero attached hydrogens (tertiary/aromatic N) is 1. The number of amides is 1. The lowest BCUT2D eigenvalue weighted by atomic mass is 10.1. The summed E-state index contributed by atoms with van der Waals surface area (Å²) in [5.41, 5.74) is 0.270. The monoisotopic (exact) mass is 269 g/mol. The van der Waals surface area contributed by atoms with Crippen LogP contribution in [0.4, 0.5) is 14.5 Å². The van der Waals surface area contributed by atoms with E-state index in [-0.39, 0.29) is 18.1 Å². The Balaban J connectivity index is 1.90. The number of rotatable bonds is 5. The molecule has 0 bridgehead atoms. The van der Waals surface area contributed by atoms with Crippen LogP contribution in [0.25, 0.3) is 0 Å². The molecule has 0 unspecified atom stereocenters. The van der Waals surface area contributed by atoms with E-state index in [1.165, 1.54) is 6.07 Å². The molecule has 1 saturated heterocycles. The Morgan fingerprint density at radius 3 is 2.68 bits per heavy atom. The molecule has 0 aromatic heterocycles. The van der Waals surface area contributed by atoms with Crippen molar-refractivity contribution in [2.24, 2.45) is 0 Å². The lowest BCUT2D eigenvalue weighted by Crippen LogP contribution is -2.58. The van der Waals surface area contributed by atoms with E-state index in [0.717, 1.165) is 31.8 Å². The molecule has 19 heavy (non-hydrogen) atoms. The molecular weight excluding hydrogens is 252 g/mol. The van der Waals surface area contributed by atoms with Crippen LogP contribution in [0.5, 0.6) is 0 Å². The first-order valence-corrected chi connectivity index (χ1v) is 6.30. The second-order valence-corrected chi connectivity index (χ2v) is 4.55. The van der Waals surface area contributed by atoms with Crippen molar-refractivity contribution in [3.63, 3.8) is 0 Å². The molecule has 0 spiro atoms. The van der Waals surface area contributed by atoms with Crippen molar-refractivity contribution in [3.05, 3.63) is 29.8 Å². The van der Waals surface area contributed by atoms with Crippen LogP contribution in [0.15, 0.2) is 18.2 Å². The van der Waals surface area contributed by atoms with Crippen LogP contribution >= 0.6 is 0 Å². The highest BCUT2D eigenvalue weighted by Gasteiger charge is 2.24. The van der Waals surface area contributed by atoms with Crippen molar-refractivity contribution in [3.8, 4) is 0 Å². The van der Waals surface area contributed by atoms with Crippen LogP contribution in [0, 0.1) is 11.6 Å². The minimum absolute atomic E-state index is 0.222. The highest BCUT2D eigenvalue weighted by atomic mass is 19.2. The number of hydrogen-bond donors (Lipinski definition) is 2. The van der Waals surface area contributed by atoms with E-state index in [2.05, 4.69) is 10.6 Å². The van der Waals surface area contributed by atoms with Gasteiger partial charge < -0.3 is 10.6 Å². The minimum atomic E-state index is -0.964. The molecule has 1 aliphatic heterocycles. The fourth-order valence-electron chi connectivity index (χ4n) is 1.99. The van der Waals surface area contributed by atoms with Crippen LogP contribution in [0.3, 0.4) is 0 Å². The Hall–Kier alpha value is -1.53. The molecule has 104 valence electrons. The molecular formula is C13H17F2N3O. The lowest BCUT2D eigenvalue weighted by molar-refractivity contribution is -0.118. The summed E-state index contributed by atoms with van der Waals surface area (Å²) in [4.78, 5) is 13.9. The van der Waals surface area contributed by atoms with Crippen molar-refractivity contribution in [1.82, 2.24) is 10.2 Å². The smallest absolute Gasteiger partial charge is 0.238 e. The lowest BCUT2D eigenvalue weighted by Gasteiger charge is -2.37. The molecule has 4 nitrogen and oxygen atoms in total. The number of nitrogens with one attached hydrogen (secondary N) is 2. The van der Waals surface area contributed by atoms with E-state index < -0.39 is 11.6 Å². The van der Waals surface area contributed by atoms with Gasteiger partial charge >= 0.3 is 0 Å². The van der Waals surface area contributed by atoms with Gasteiger partial charge in [0.2, 0.25) is 5.91 Å². The zero-order valence-corrected chi connectivity index (χ0v) is 10.7. The van der Waals surface area contributed by atoms with Gasteiger partial charge in [-0.15, -0.1) is 0 Å². The number of likely N-dealkylation sites (N-methyl/N-ethyl adjacent to an activating group) is 1. The normalized spacial score (nSPS) is 15.4. The summed E-state index contributed by atoms with van der Waals surface area (Å²) in [6.07, 6.45) is 0. The Labute approximate surface area is 110 Å². The molecule has 0 radical (unpaired) electrons. The Morgan fingerprint density at radius 1 is 1.42 bits per heavy atom. The summed E-state index contributed by atoms with van der Waals surface area (Å²) in [7, 11) is 0. The van der Waals surface area contributed by atoms with E-state index in [1.807, 2.05) is 11.8 Å². The maximum Gasteiger partial charge on any atom is 0.238 e. The largest absolute Gasteiger partial charge is 0.325 e. The summed E-state index contributed by atoms with van der Waals surface area (Å²) in [6, 6.07) is 3.70. The topological polar surface area (TPSA) is 44.4 Å². The van der Waals surface area contributed by atoms with Gasteiger partial charge in [0.25, 0.3) is 0 Å². The first-order valence-electron chi connectivity index (χ1n) is 6.30. The molecule has 0 atom stereocenters. The molecule has 1 heterocycles. The number of carbonyl (C=O) groups is 1. The van der Waals surface area contributed by atoms with Crippen molar-refractivity contribution in [2.45, 2.75) is 13.0 Å². The van der Waals surface area contributed by atoms with Crippen LogP contribution < -0.4 is 10.6 Å². The Morgan fingerprint density at radius 2 is 2.16 bits per heavy atom. The summed E-state index contributed by atoms with van der Waals surface area (Å²) in [5, 5.41) is 5.72. The maximum absolute atomic E-state index is 13.0. The van der Waals surface area contributed by atoms with Crippen LogP contribution in [0.1, 0.15) is 6.92 Å². The van der Waals surface area contributed by atoms with E-state index in [1.54, 1.807) is 0 Å². The zero-order valence-electron chi connectivity index (χ0n) is 10.7. The van der Waals surface area contributed by atoms with Crippen LogP contribution in [-0.4, -0.2) is 43.0 Å². The summed E-state index contributed by atoms with van der Waals surface area (Å²) in [6.45, 7) is 4.78. The van der Waals surface area contributed by atoms with Crippen molar-refractivity contribution in [1.29, 1.82) is 0 Å². The summed E-state index contributed by atoms with van der Waals surface area (Å²) >= 11 is 0. The number of benzene rings is 1. The molecule has 0 saturated carbocycles. The molecule has 2 N–H and O–H groups in total. The van der Waals surface area contributed by atoms with Gasteiger partial charge in [-0.05, 0) is 18.7 Å². The molecule has 1 amide bonds. The predicted octanol–water partition coefficient (Wildman–Crippen LogP) is 1.20. The van der Waals surface area contributed by atoms with Crippen molar-refractivity contribution >= 4 is 11.6 Å². The van der Waals surface area contributed by atoms with E-state index in [9.17, 15) is 13.6 Å². The first kappa shape index (κ1) is 13.9. The third-order valence-corrected chi connectivity index (χ3v) is 3.23. The van der Waals surface area contributed by atoms with Gasteiger partial charge in [0.15, 0.2) is 11.6 Å². The average molecular weight is 269 g/mol. The van der Waals surface area contributed by atoms with Gasteiger partial charge in [0.1, 0.15) is 0 Å². The van der Waals surface area contributed by atoms with Crippen molar-refractivity contribution < 1.29 is 13.6 Å². The third kappa shape index (κ3) is 3.48. The predicted molar refractivity (Wildman–Crippen MR) is 68.9 cm³/mol. The molecule has 1 aromatic carbocycles.